The Bertz CT molecular complexity index is 452. The maximum absolute atomic E-state index is 11.8. The van der Waals surface area contributed by atoms with E-state index in [-0.39, 0.29) is 11.8 Å². The molecule has 0 fully saturated rings. The van der Waals surface area contributed by atoms with E-state index >= 15 is 0 Å². The van der Waals surface area contributed by atoms with Gasteiger partial charge in [-0.25, -0.2) is 0 Å². The molecule has 0 aromatic heterocycles. The van der Waals surface area contributed by atoms with E-state index in [0.29, 0.717) is 5.56 Å². The Kier molecular flexibility index (Phi) is 4.98. The number of nitro groups is 1. The molecule has 8 heteroatoms. The lowest BCUT2D eigenvalue weighted by atomic mass is 10.1. The summed E-state index contributed by atoms with van der Waals surface area (Å²) in [5.41, 5.74) is 0.336. The Morgan fingerprint density at radius 2 is 1.83 bits per heavy atom. The second kappa shape index (κ2) is 6.06. The minimum atomic E-state index is -3.32. The minimum absolute atomic E-state index is 0.0763. The molecule has 0 aliphatic carbocycles. The van der Waals surface area contributed by atoms with Crippen LogP contribution in [0.5, 0.6) is 0 Å². The van der Waals surface area contributed by atoms with Crippen molar-refractivity contribution < 1.29 is 23.6 Å². The summed E-state index contributed by atoms with van der Waals surface area (Å²) in [6.45, 7) is 0. The van der Waals surface area contributed by atoms with Gasteiger partial charge in [-0.15, -0.1) is 0 Å². The zero-order valence-electron chi connectivity index (χ0n) is 9.98. The molecule has 1 rings (SSSR count). The number of nitrogens with zero attached hydrogens (tertiary/aromatic N) is 1. The van der Waals surface area contributed by atoms with Gasteiger partial charge in [-0.05, 0) is 17.7 Å². The summed E-state index contributed by atoms with van der Waals surface area (Å²) < 4.78 is 21.2. The molecular weight excluding hydrogens is 261 g/mol. The van der Waals surface area contributed by atoms with Crippen molar-refractivity contribution in [3.8, 4) is 0 Å². The average Bonchev–Trinajstić information content (AvgIpc) is 2.38. The second-order valence-corrected chi connectivity index (χ2v) is 5.84. The fourth-order valence-electron chi connectivity index (χ4n) is 1.36. The average molecular weight is 275 g/mol. The van der Waals surface area contributed by atoms with Crippen molar-refractivity contribution in [2.75, 3.05) is 20.4 Å². The highest BCUT2D eigenvalue weighted by atomic mass is 31.2. The highest BCUT2D eigenvalue weighted by Gasteiger charge is 2.26. The zero-order chi connectivity index (χ0) is 13.8. The summed E-state index contributed by atoms with van der Waals surface area (Å²) >= 11 is 0. The first-order valence-corrected chi connectivity index (χ1v) is 6.77. The zero-order valence-corrected chi connectivity index (χ0v) is 10.9. The summed E-state index contributed by atoms with van der Waals surface area (Å²) in [6.07, 6.45) is -1.28. The van der Waals surface area contributed by atoms with Crippen molar-refractivity contribution in [3.63, 3.8) is 0 Å². The monoisotopic (exact) mass is 275 g/mol. The number of hydrogen-bond donors (Lipinski definition) is 1. The molecule has 100 valence electrons. The van der Waals surface area contributed by atoms with E-state index in [9.17, 15) is 19.8 Å². The molecule has 0 spiro atoms. The molecule has 1 unspecified atom stereocenters. The second-order valence-electron chi connectivity index (χ2n) is 3.52. The predicted molar refractivity (Wildman–Crippen MR) is 64.5 cm³/mol. The molecule has 0 amide bonds. The quantitative estimate of drug-likeness (QED) is 0.485. The molecule has 0 heterocycles. The Labute approximate surface area is 104 Å². The Morgan fingerprint density at radius 1 is 1.33 bits per heavy atom. The van der Waals surface area contributed by atoms with E-state index in [1.54, 1.807) is 0 Å². The van der Waals surface area contributed by atoms with E-state index in [1.165, 1.54) is 38.5 Å². The fraction of sp³-hybridized carbons (Fsp3) is 0.400. The smallest absolute Gasteiger partial charge is 0.333 e. The van der Waals surface area contributed by atoms with Gasteiger partial charge in [0, 0.05) is 26.4 Å². The molecule has 0 saturated heterocycles. The summed E-state index contributed by atoms with van der Waals surface area (Å²) in [4.78, 5) is 9.93. The molecule has 1 N–H and O–H groups in total. The third kappa shape index (κ3) is 3.61. The van der Waals surface area contributed by atoms with E-state index < -0.39 is 18.6 Å². The van der Waals surface area contributed by atoms with Gasteiger partial charge in [-0.1, -0.05) is 0 Å². The van der Waals surface area contributed by atoms with Crippen LogP contribution in [0.25, 0.3) is 0 Å². The maximum atomic E-state index is 11.8. The van der Waals surface area contributed by atoms with Crippen molar-refractivity contribution in [1.82, 2.24) is 0 Å². The number of hydrogen-bond acceptors (Lipinski definition) is 6. The van der Waals surface area contributed by atoms with Crippen LogP contribution in [0.15, 0.2) is 24.3 Å². The van der Waals surface area contributed by atoms with Crippen LogP contribution in [0.1, 0.15) is 11.7 Å². The van der Waals surface area contributed by atoms with E-state index in [2.05, 4.69) is 0 Å². The van der Waals surface area contributed by atoms with Crippen molar-refractivity contribution in [2.24, 2.45) is 0 Å². The number of aliphatic hydroxyl groups is 1. The van der Waals surface area contributed by atoms with E-state index in [1.807, 2.05) is 0 Å². The number of benzene rings is 1. The van der Waals surface area contributed by atoms with Gasteiger partial charge in [0.15, 0.2) is 0 Å². The number of nitro benzene ring substituents is 1. The van der Waals surface area contributed by atoms with Crippen LogP contribution in [0.2, 0.25) is 0 Å². The first-order valence-electron chi connectivity index (χ1n) is 5.05. The first-order chi connectivity index (χ1) is 8.41. The highest BCUT2D eigenvalue weighted by molar-refractivity contribution is 7.53. The largest absolute Gasteiger partial charge is 0.388 e. The van der Waals surface area contributed by atoms with Crippen LogP contribution in [0, 0.1) is 10.1 Å². The SMILES string of the molecule is COP(=O)(CC(O)c1ccc([N+](=O)[O-])cc1)OC. The number of rotatable bonds is 6. The van der Waals surface area contributed by atoms with Gasteiger partial charge in [0.1, 0.15) is 0 Å². The molecule has 0 bridgehead atoms. The summed E-state index contributed by atoms with van der Waals surface area (Å²) in [5.74, 6) is 0. The lowest BCUT2D eigenvalue weighted by Gasteiger charge is -2.17. The van der Waals surface area contributed by atoms with Gasteiger partial charge in [0.2, 0.25) is 0 Å². The molecular formula is C10H14NO6P. The number of non-ortho nitro benzene ring substituents is 1. The third-order valence-corrected chi connectivity index (χ3v) is 4.35. The molecule has 0 aliphatic heterocycles. The predicted octanol–water partition coefficient (Wildman–Crippen LogP) is 2.11. The van der Waals surface area contributed by atoms with Crippen LogP contribution >= 0.6 is 7.60 Å². The van der Waals surface area contributed by atoms with Crippen LogP contribution in [-0.2, 0) is 13.6 Å². The molecule has 1 aromatic carbocycles. The fourth-order valence-corrected chi connectivity index (χ4v) is 2.44. The van der Waals surface area contributed by atoms with E-state index in [0.717, 1.165) is 0 Å². The molecule has 0 aliphatic rings. The lowest BCUT2D eigenvalue weighted by molar-refractivity contribution is -0.384. The summed E-state index contributed by atoms with van der Waals surface area (Å²) in [7, 11) is -0.860. The molecule has 0 radical (unpaired) electrons. The van der Waals surface area contributed by atoms with Gasteiger partial charge in [0.25, 0.3) is 5.69 Å². The molecule has 18 heavy (non-hydrogen) atoms. The van der Waals surface area contributed by atoms with Crippen molar-refractivity contribution in [1.29, 1.82) is 0 Å². The lowest BCUT2D eigenvalue weighted by Crippen LogP contribution is -2.06. The molecule has 1 atom stereocenters. The Hall–Kier alpha value is -1.27. The summed E-state index contributed by atoms with van der Waals surface area (Å²) in [5, 5.41) is 20.3. The van der Waals surface area contributed by atoms with Crippen molar-refractivity contribution in [2.45, 2.75) is 6.10 Å². The van der Waals surface area contributed by atoms with Crippen LogP contribution in [0.4, 0.5) is 5.69 Å². The minimum Gasteiger partial charge on any atom is -0.388 e. The van der Waals surface area contributed by atoms with Crippen LogP contribution in [-0.4, -0.2) is 30.4 Å². The Balaban J connectivity index is 2.81. The van der Waals surface area contributed by atoms with Gasteiger partial charge in [-0.2, -0.15) is 0 Å². The first kappa shape index (κ1) is 14.8. The van der Waals surface area contributed by atoms with E-state index in [4.69, 9.17) is 9.05 Å². The molecule has 0 saturated carbocycles. The normalized spacial score (nSPS) is 13.3. The molecule has 7 nitrogen and oxygen atoms in total. The maximum Gasteiger partial charge on any atom is 0.333 e. The standard InChI is InChI=1S/C10H14NO6P/c1-16-18(15,17-2)7-10(12)8-3-5-9(6-4-8)11(13)14/h3-6,10,12H,7H2,1-2H3. The van der Waals surface area contributed by atoms with Gasteiger partial charge >= 0.3 is 7.60 Å². The molecule has 1 aromatic rings. The van der Waals surface area contributed by atoms with Crippen molar-refractivity contribution in [3.05, 3.63) is 39.9 Å². The third-order valence-electron chi connectivity index (χ3n) is 2.44. The topological polar surface area (TPSA) is 98.9 Å². The van der Waals surface area contributed by atoms with Crippen LogP contribution < -0.4 is 0 Å². The number of aliphatic hydroxyl groups excluding tert-OH is 1. The highest BCUT2D eigenvalue weighted by Crippen LogP contribution is 2.49. The summed E-state index contributed by atoms with van der Waals surface area (Å²) in [6, 6.07) is 5.34. The van der Waals surface area contributed by atoms with Gasteiger partial charge in [-0.3, -0.25) is 14.7 Å². The van der Waals surface area contributed by atoms with Gasteiger partial charge < -0.3 is 14.2 Å². The Morgan fingerprint density at radius 3 is 2.22 bits per heavy atom. The van der Waals surface area contributed by atoms with Crippen LogP contribution in [0.3, 0.4) is 0 Å². The van der Waals surface area contributed by atoms with Gasteiger partial charge in [0.05, 0.1) is 17.2 Å². The van der Waals surface area contributed by atoms with Crippen molar-refractivity contribution >= 4 is 13.3 Å².